The summed E-state index contributed by atoms with van der Waals surface area (Å²) in [5.41, 5.74) is 1.33. The molecule has 0 unspecified atom stereocenters. The molecule has 0 atom stereocenters. The van der Waals surface area contributed by atoms with Gasteiger partial charge >= 0.3 is 0 Å². The van der Waals surface area contributed by atoms with Gasteiger partial charge in [0.25, 0.3) is 0 Å². The van der Waals surface area contributed by atoms with Gasteiger partial charge in [-0.15, -0.1) is 12.4 Å². The number of hydrogen-bond acceptors (Lipinski definition) is 2. The van der Waals surface area contributed by atoms with Gasteiger partial charge in [-0.2, -0.15) is 0 Å². The molecule has 0 fully saturated rings. The second-order valence-electron chi connectivity index (χ2n) is 4.38. The van der Waals surface area contributed by atoms with E-state index >= 15 is 0 Å². The highest BCUT2D eigenvalue weighted by Crippen LogP contribution is 2.35. The molecular weight excluding hydrogens is 297 g/mol. The van der Waals surface area contributed by atoms with E-state index < -0.39 is 0 Å². The first-order valence-corrected chi connectivity index (χ1v) is 7.01. The number of halogens is 2. The van der Waals surface area contributed by atoms with Crippen molar-refractivity contribution in [2.24, 2.45) is 0 Å². The van der Waals surface area contributed by atoms with Crippen molar-refractivity contribution in [1.82, 2.24) is 4.90 Å². The van der Waals surface area contributed by atoms with E-state index in [2.05, 4.69) is 49.3 Å². The van der Waals surface area contributed by atoms with Crippen molar-refractivity contribution in [3.8, 4) is 0 Å². The van der Waals surface area contributed by atoms with Crippen LogP contribution < -0.4 is 0 Å². The van der Waals surface area contributed by atoms with Crippen molar-refractivity contribution in [3.05, 3.63) is 59.1 Å². The maximum absolute atomic E-state index is 6.20. The molecule has 4 heteroatoms. The van der Waals surface area contributed by atoms with Crippen LogP contribution in [0.2, 0.25) is 5.02 Å². The zero-order chi connectivity index (χ0) is 13.0. The van der Waals surface area contributed by atoms with Crippen molar-refractivity contribution in [2.45, 2.75) is 16.3 Å². The van der Waals surface area contributed by atoms with Crippen LogP contribution in [0.4, 0.5) is 0 Å². The highest BCUT2D eigenvalue weighted by Gasteiger charge is 2.07. The fourth-order valence-corrected chi connectivity index (χ4v) is 2.93. The third-order valence-electron chi connectivity index (χ3n) is 2.52. The highest BCUT2D eigenvalue weighted by atomic mass is 35.5. The van der Waals surface area contributed by atoms with Crippen molar-refractivity contribution in [3.63, 3.8) is 0 Å². The molecule has 2 aromatic carbocycles. The van der Waals surface area contributed by atoms with Crippen LogP contribution in [0.15, 0.2) is 58.3 Å². The summed E-state index contributed by atoms with van der Waals surface area (Å²) in [6, 6.07) is 16.4. The monoisotopic (exact) mass is 313 g/mol. The van der Waals surface area contributed by atoms with Crippen molar-refractivity contribution in [2.75, 3.05) is 14.1 Å². The largest absolute Gasteiger partial charge is 0.305 e. The smallest absolute Gasteiger partial charge is 0.0545 e. The predicted octanol–water partition coefficient (Wildman–Crippen LogP) is 4.97. The summed E-state index contributed by atoms with van der Waals surface area (Å²) in [5, 5.41) is 0.808. The first kappa shape index (κ1) is 16.4. The molecule has 0 N–H and O–H groups in total. The van der Waals surface area contributed by atoms with Gasteiger partial charge < -0.3 is 4.90 Å². The summed E-state index contributed by atoms with van der Waals surface area (Å²) in [6.07, 6.45) is 0. The Labute approximate surface area is 130 Å². The molecule has 0 saturated heterocycles. The lowest BCUT2D eigenvalue weighted by Gasteiger charge is -2.14. The summed E-state index contributed by atoms with van der Waals surface area (Å²) in [7, 11) is 4.16. The van der Waals surface area contributed by atoms with E-state index in [0.717, 1.165) is 16.5 Å². The van der Waals surface area contributed by atoms with Crippen molar-refractivity contribution < 1.29 is 0 Å². The average Bonchev–Trinajstić information content (AvgIpc) is 2.34. The molecule has 0 aromatic heterocycles. The second-order valence-corrected chi connectivity index (χ2v) is 5.87. The first-order valence-electron chi connectivity index (χ1n) is 5.82. The Bertz CT molecular complexity index is 529. The van der Waals surface area contributed by atoms with E-state index in [1.807, 2.05) is 18.2 Å². The summed E-state index contributed by atoms with van der Waals surface area (Å²) in [6.45, 7) is 0.938. The van der Waals surface area contributed by atoms with Gasteiger partial charge in [0.05, 0.1) is 5.02 Å². The van der Waals surface area contributed by atoms with Crippen molar-refractivity contribution in [1.29, 1.82) is 0 Å². The average molecular weight is 314 g/mol. The molecule has 2 aromatic rings. The van der Waals surface area contributed by atoms with Crippen LogP contribution in [0.25, 0.3) is 0 Å². The van der Waals surface area contributed by atoms with Crippen LogP contribution >= 0.6 is 35.8 Å². The summed E-state index contributed by atoms with van der Waals surface area (Å²) < 4.78 is 0. The lowest BCUT2D eigenvalue weighted by atomic mass is 10.2. The number of hydrogen-bond donors (Lipinski definition) is 0. The SMILES string of the molecule is CN(C)Cc1ccccc1Sc1ccccc1Cl.Cl. The molecule has 0 saturated carbocycles. The molecule has 0 bridgehead atoms. The Hall–Kier alpha value is -0.670. The Morgan fingerprint density at radius 1 is 0.947 bits per heavy atom. The summed E-state index contributed by atoms with van der Waals surface area (Å²) in [4.78, 5) is 4.54. The number of benzene rings is 2. The molecule has 0 spiro atoms. The van der Waals surface area contributed by atoms with Gasteiger partial charge in [0.2, 0.25) is 0 Å². The quantitative estimate of drug-likeness (QED) is 0.783. The normalized spacial score (nSPS) is 10.3. The van der Waals surface area contributed by atoms with Gasteiger partial charge in [-0.3, -0.25) is 0 Å². The highest BCUT2D eigenvalue weighted by molar-refractivity contribution is 7.99. The summed E-state index contributed by atoms with van der Waals surface area (Å²) in [5.74, 6) is 0. The second kappa shape index (κ2) is 7.81. The van der Waals surface area contributed by atoms with E-state index in [0.29, 0.717) is 0 Å². The molecule has 0 aliphatic heterocycles. The molecular formula is C15H17Cl2NS. The van der Waals surface area contributed by atoms with Crippen LogP contribution in [0.1, 0.15) is 5.56 Å². The van der Waals surface area contributed by atoms with E-state index in [1.165, 1.54) is 10.5 Å². The van der Waals surface area contributed by atoms with Gasteiger partial charge in [0.1, 0.15) is 0 Å². The standard InChI is InChI=1S/C15H16ClNS.ClH/c1-17(2)11-12-7-3-5-9-14(12)18-15-10-6-4-8-13(15)16;/h3-10H,11H2,1-2H3;1H. The van der Waals surface area contributed by atoms with E-state index in [4.69, 9.17) is 11.6 Å². The molecule has 0 heterocycles. The molecule has 2 rings (SSSR count). The molecule has 0 radical (unpaired) electrons. The topological polar surface area (TPSA) is 3.24 Å². The minimum atomic E-state index is 0. The summed E-state index contributed by atoms with van der Waals surface area (Å²) >= 11 is 7.93. The van der Waals surface area contributed by atoms with Gasteiger partial charge in [-0.1, -0.05) is 53.7 Å². The van der Waals surface area contributed by atoms with Crippen LogP contribution in [-0.4, -0.2) is 19.0 Å². The van der Waals surface area contributed by atoms with E-state index in [1.54, 1.807) is 11.8 Å². The Morgan fingerprint density at radius 2 is 1.53 bits per heavy atom. The van der Waals surface area contributed by atoms with Gasteiger partial charge in [-0.05, 0) is 37.9 Å². The Balaban J connectivity index is 0.00000180. The molecule has 0 aliphatic carbocycles. The van der Waals surface area contributed by atoms with Gasteiger partial charge in [0, 0.05) is 16.3 Å². The van der Waals surface area contributed by atoms with Gasteiger partial charge in [0.15, 0.2) is 0 Å². The zero-order valence-corrected chi connectivity index (χ0v) is 13.4. The van der Waals surface area contributed by atoms with Crippen LogP contribution in [0, 0.1) is 0 Å². The number of rotatable bonds is 4. The third kappa shape index (κ3) is 4.73. The maximum atomic E-state index is 6.20. The fourth-order valence-electron chi connectivity index (χ4n) is 1.72. The lowest BCUT2D eigenvalue weighted by molar-refractivity contribution is 0.399. The molecule has 0 amide bonds. The fraction of sp³-hybridized carbons (Fsp3) is 0.200. The predicted molar refractivity (Wildman–Crippen MR) is 86.7 cm³/mol. The Kier molecular flexibility index (Phi) is 6.73. The van der Waals surface area contributed by atoms with Crippen LogP contribution in [-0.2, 0) is 6.54 Å². The molecule has 19 heavy (non-hydrogen) atoms. The molecule has 1 nitrogen and oxygen atoms in total. The zero-order valence-electron chi connectivity index (χ0n) is 11.0. The minimum absolute atomic E-state index is 0. The lowest BCUT2D eigenvalue weighted by Crippen LogP contribution is -2.11. The van der Waals surface area contributed by atoms with Gasteiger partial charge in [-0.25, -0.2) is 0 Å². The van der Waals surface area contributed by atoms with E-state index in [9.17, 15) is 0 Å². The van der Waals surface area contributed by atoms with Crippen LogP contribution in [0.5, 0.6) is 0 Å². The minimum Gasteiger partial charge on any atom is -0.305 e. The Morgan fingerprint density at radius 3 is 2.16 bits per heavy atom. The molecule has 0 aliphatic rings. The van der Waals surface area contributed by atoms with Crippen molar-refractivity contribution >= 4 is 35.8 Å². The third-order valence-corrected chi connectivity index (χ3v) is 4.15. The van der Waals surface area contributed by atoms with Crippen LogP contribution in [0.3, 0.4) is 0 Å². The molecule has 102 valence electrons. The first-order chi connectivity index (χ1) is 8.66. The maximum Gasteiger partial charge on any atom is 0.0545 e. The van der Waals surface area contributed by atoms with E-state index in [-0.39, 0.29) is 12.4 Å². The number of nitrogens with zero attached hydrogens (tertiary/aromatic N) is 1.